The van der Waals surface area contributed by atoms with Gasteiger partial charge in [-0.3, -0.25) is 0 Å². The molecule has 0 aliphatic rings. The van der Waals surface area contributed by atoms with Gasteiger partial charge in [0.1, 0.15) is 19.0 Å². The number of pyridine rings is 1. The van der Waals surface area contributed by atoms with Crippen LogP contribution in [0.5, 0.6) is 5.75 Å². The number of benzene rings is 2. The molecule has 1 unspecified atom stereocenters. The molecule has 0 amide bonds. The van der Waals surface area contributed by atoms with E-state index in [9.17, 15) is 0 Å². The molecule has 1 atom stereocenters. The molecule has 0 spiro atoms. The molecule has 0 N–H and O–H groups in total. The Morgan fingerprint density at radius 2 is 1.37 bits per heavy atom. The Morgan fingerprint density at radius 1 is 0.741 bits per heavy atom. The highest BCUT2D eigenvalue weighted by Crippen LogP contribution is 2.25. The Balaban J connectivity index is 0.00000261. The third kappa shape index (κ3) is 6.70. The first-order valence-electron chi connectivity index (χ1n) is 9.12. The van der Waals surface area contributed by atoms with E-state index in [-0.39, 0.29) is 12.4 Å². The second-order valence-corrected chi connectivity index (χ2v) is 6.28. The zero-order valence-electron chi connectivity index (χ0n) is 15.6. The zero-order chi connectivity index (χ0) is 18.0. The van der Waals surface area contributed by atoms with Crippen LogP contribution in [0.15, 0.2) is 85.2 Å². The minimum absolute atomic E-state index is 0. The highest BCUT2D eigenvalue weighted by atomic mass is 35.5. The van der Waals surface area contributed by atoms with E-state index in [1.54, 1.807) is 0 Å². The lowest BCUT2D eigenvalue weighted by atomic mass is 9.93. The van der Waals surface area contributed by atoms with Gasteiger partial charge in [0.25, 0.3) is 0 Å². The SMILES string of the molecule is CC(c1ccccc1)c1ccc(OCCOCC[n+]2ccccc2)cc1.[Cl-]. The molecule has 1 aromatic heterocycles. The average Bonchev–Trinajstić information content (AvgIpc) is 2.72. The van der Waals surface area contributed by atoms with Crippen LogP contribution in [0.3, 0.4) is 0 Å². The predicted octanol–water partition coefficient (Wildman–Crippen LogP) is 1.23. The van der Waals surface area contributed by atoms with Crippen LogP contribution < -0.4 is 21.7 Å². The number of hydrogen-bond donors (Lipinski definition) is 0. The van der Waals surface area contributed by atoms with E-state index in [1.165, 1.54) is 11.1 Å². The quantitative estimate of drug-likeness (QED) is 0.409. The third-order valence-corrected chi connectivity index (χ3v) is 4.45. The maximum absolute atomic E-state index is 5.77. The number of halogens is 1. The van der Waals surface area contributed by atoms with Crippen molar-refractivity contribution in [2.45, 2.75) is 19.4 Å². The number of aromatic nitrogens is 1. The van der Waals surface area contributed by atoms with E-state index in [2.05, 4.69) is 47.9 Å². The van der Waals surface area contributed by atoms with Crippen molar-refractivity contribution in [1.82, 2.24) is 0 Å². The minimum atomic E-state index is 0. The third-order valence-electron chi connectivity index (χ3n) is 4.45. The fourth-order valence-electron chi connectivity index (χ4n) is 2.86. The molecule has 0 bridgehead atoms. The number of ether oxygens (including phenoxy) is 2. The summed E-state index contributed by atoms with van der Waals surface area (Å²) in [4.78, 5) is 0. The first-order valence-corrected chi connectivity index (χ1v) is 9.12. The van der Waals surface area contributed by atoms with E-state index in [0.29, 0.717) is 25.7 Å². The summed E-state index contributed by atoms with van der Waals surface area (Å²) in [6.45, 7) is 4.92. The van der Waals surface area contributed by atoms with Gasteiger partial charge in [-0.2, -0.15) is 0 Å². The molecule has 0 radical (unpaired) electrons. The molecule has 4 heteroatoms. The van der Waals surface area contributed by atoms with Gasteiger partial charge in [-0.05, 0) is 23.3 Å². The second kappa shape index (κ2) is 11.4. The first-order chi connectivity index (χ1) is 12.8. The Kier molecular flexibility index (Phi) is 8.82. The summed E-state index contributed by atoms with van der Waals surface area (Å²) in [5.41, 5.74) is 2.62. The van der Waals surface area contributed by atoms with Crippen molar-refractivity contribution >= 4 is 0 Å². The monoisotopic (exact) mass is 383 g/mol. The summed E-state index contributed by atoms with van der Waals surface area (Å²) in [7, 11) is 0. The topological polar surface area (TPSA) is 22.3 Å². The van der Waals surface area contributed by atoms with E-state index in [4.69, 9.17) is 9.47 Å². The zero-order valence-corrected chi connectivity index (χ0v) is 16.4. The first kappa shape index (κ1) is 20.9. The van der Waals surface area contributed by atoms with Crippen LogP contribution in [0.2, 0.25) is 0 Å². The molecule has 27 heavy (non-hydrogen) atoms. The Hall–Kier alpha value is -2.36. The number of rotatable bonds is 9. The molecule has 3 nitrogen and oxygen atoms in total. The van der Waals surface area contributed by atoms with Crippen molar-refractivity contribution in [2.24, 2.45) is 0 Å². The summed E-state index contributed by atoms with van der Waals surface area (Å²) in [6, 6.07) is 24.9. The number of nitrogens with zero attached hydrogens (tertiary/aromatic N) is 1. The van der Waals surface area contributed by atoms with Crippen molar-refractivity contribution < 1.29 is 26.4 Å². The van der Waals surface area contributed by atoms with Crippen molar-refractivity contribution in [1.29, 1.82) is 0 Å². The van der Waals surface area contributed by atoms with Crippen LogP contribution >= 0.6 is 0 Å². The molecule has 3 aromatic rings. The minimum Gasteiger partial charge on any atom is -1.00 e. The summed E-state index contributed by atoms with van der Waals surface area (Å²) >= 11 is 0. The molecule has 0 aliphatic carbocycles. The van der Waals surface area contributed by atoms with Crippen molar-refractivity contribution in [3.63, 3.8) is 0 Å². The molecule has 1 heterocycles. The molecule has 2 aromatic carbocycles. The average molecular weight is 384 g/mol. The largest absolute Gasteiger partial charge is 1.00 e. The molecule has 3 rings (SSSR count). The molecule has 0 fully saturated rings. The van der Waals surface area contributed by atoms with Gasteiger partial charge in [0.15, 0.2) is 18.9 Å². The van der Waals surface area contributed by atoms with E-state index in [0.717, 1.165) is 12.3 Å². The van der Waals surface area contributed by atoms with Crippen LogP contribution in [0.25, 0.3) is 0 Å². The highest BCUT2D eigenvalue weighted by molar-refractivity contribution is 5.35. The lowest BCUT2D eigenvalue weighted by Gasteiger charge is -2.13. The fraction of sp³-hybridized carbons (Fsp3) is 0.261. The van der Waals surface area contributed by atoms with Gasteiger partial charge < -0.3 is 21.9 Å². The summed E-state index contributed by atoms with van der Waals surface area (Å²) < 4.78 is 13.5. The van der Waals surface area contributed by atoms with E-state index in [1.807, 2.05) is 48.8 Å². The number of hydrogen-bond acceptors (Lipinski definition) is 2. The summed E-state index contributed by atoms with van der Waals surface area (Å²) in [5.74, 6) is 1.26. The van der Waals surface area contributed by atoms with Gasteiger partial charge in [-0.15, -0.1) is 0 Å². The lowest BCUT2D eigenvalue weighted by Crippen LogP contribution is -3.00. The van der Waals surface area contributed by atoms with Crippen LogP contribution in [0, 0.1) is 0 Å². The Bertz CT molecular complexity index is 763. The summed E-state index contributed by atoms with van der Waals surface area (Å²) in [6.07, 6.45) is 4.08. The van der Waals surface area contributed by atoms with Crippen LogP contribution in [-0.2, 0) is 11.3 Å². The normalized spacial score (nSPS) is 11.4. The summed E-state index contributed by atoms with van der Waals surface area (Å²) in [5, 5.41) is 0. The van der Waals surface area contributed by atoms with Gasteiger partial charge in [0.2, 0.25) is 0 Å². The van der Waals surface area contributed by atoms with Gasteiger partial charge in [-0.25, -0.2) is 4.57 Å². The van der Waals surface area contributed by atoms with Gasteiger partial charge in [-0.1, -0.05) is 55.5 Å². The van der Waals surface area contributed by atoms with Crippen LogP contribution in [0.1, 0.15) is 24.0 Å². The van der Waals surface area contributed by atoms with Crippen molar-refractivity contribution in [3.05, 3.63) is 96.3 Å². The molecular formula is C23H26ClNO2. The molecule has 0 saturated heterocycles. The standard InChI is InChI=1S/C23H26NO2.ClH/c1-20(21-8-4-2-5-9-21)22-10-12-23(13-11-22)26-19-18-25-17-16-24-14-6-3-7-15-24;/h2-15,20H,16-19H2,1H3;1H/q+1;/p-1. The maximum atomic E-state index is 5.77. The van der Waals surface area contributed by atoms with Crippen molar-refractivity contribution in [2.75, 3.05) is 19.8 Å². The van der Waals surface area contributed by atoms with Gasteiger partial charge >= 0.3 is 0 Å². The smallest absolute Gasteiger partial charge is 0.171 e. The van der Waals surface area contributed by atoms with Crippen molar-refractivity contribution in [3.8, 4) is 5.75 Å². The molecule has 142 valence electrons. The van der Waals surface area contributed by atoms with E-state index < -0.39 is 0 Å². The van der Waals surface area contributed by atoms with Crippen LogP contribution in [-0.4, -0.2) is 19.8 Å². The Morgan fingerprint density at radius 3 is 2.07 bits per heavy atom. The highest BCUT2D eigenvalue weighted by Gasteiger charge is 2.07. The molecule has 0 saturated carbocycles. The lowest BCUT2D eigenvalue weighted by molar-refractivity contribution is -0.698. The Labute approximate surface area is 168 Å². The van der Waals surface area contributed by atoms with Gasteiger partial charge in [0.05, 0.1) is 6.61 Å². The maximum Gasteiger partial charge on any atom is 0.171 e. The second-order valence-electron chi connectivity index (χ2n) is 6.28. The predicted molar refractivity (Wildman–Crippen MR) is 103 cm³/mol. The molecular weight excluding hydrogens is 358 g/mol. The van der Waals surface area contributed by atoms with Crippen LogP contribution in [0.4, 0.5) is 0 Å². The van der Waals surface area contributed by atoms with E-state index >= 15 is 0 Å². The molecule has 0 aliphatic heterocycles. The van der Waals surface area contributed by atoms with Gasteiger partial charge in [0, 0.05) is 18.1 Å². The fourth-order valence-corrected chi connectivity index (χ4v) is 2.86.